The van der Waals surface area contributed by atoms with E-state index < -0.39 is 5.82 Å². The van der Waals surface area contributed by atoms with Crippen LogP contribution in [0.2, 0.25) is 0 Å². The smallest absolute Gasteiger partial charge is 0.321 e. The Balaban J connectivity index is 1.55. The number of benzene rings is 2. The number of ether oxygens (including phenoxy) is 1. The minimum atomic E-state index is -0.584. The largest absolute Gasteiger partial charge is 0.421 e. The third-order valence-corrected chi connectivity index (χ3v) is 8.09. The van der Waals surface area contributed by atoms with Crippen LogP contribution in [0.5, 0.6) is 11.8 Å². The van der Waals surface area contributed by atoms with E-state index in [9.17, 15) is 4.79 Å². The highest BCUT2D eigenvalue weighted by Crippen LogP contribution is 2.50. The van der Waals surface area contributed by atoms with Gasteiger partial charge in [-0.1, -0.05) is 18.7 Å². The molecular formula is C32H26FN7O2S. The fourth-order valence-corrected chi connectivity index (χ4v) is 6.22. The van der Waals surface area contributed by atoms with E-state index in [0.717, 1.165) is 37.4 Å². The number of anilines is 2. The highest BCUT2D eigenvalue weighted by molar-refractivity contribution is 7.23. The number of carbonyl (C=O) groups is 1. The second-order valence-electron chi connectivity index (χ2n) is 10.0. The van der Waals surface area contributed by atoms with Gasteiger partial charge in [-0.3, -0.25) is 9.48 Å². The molecule has 3 N–H and O–H groups in total. The number of hydrogen-bond acceptors (Lipinski definition) is 8. The first kappa shape index (κ1) is 27.7. The van der Waals surface area contributed by atoms with Gasteiger partial charge in [-0.2, -0.15) is 5.10 Å². The average molecular weight is 592 g/mol. The Labute approximate surface area is 250 Å². The summed E-state index contributed by atoms with van der Waals surface area (Å²) in [6.45, 7) is 7.32. The predicted octanol–water partition coefficient (Wildman–Crippen LogP) is 7.16. The van der Waals surface area contributed by atoms with E-state index in [0.29, 0.717) is 28.0 Å². The Morgan fingerprint density at radius 1 is 1.07 bits per heavy atom. The van der Waals surface area contributed by atoms with Crippen LogP contribution in [0.3, 0.4) is 0 Å². The van der Waals surface area contributed by atoms with Gasteiger partial charge in [0.1, 0.15) is 5.82 Å². The van der Waals surface area contributed by atoms with Crippen LogP contribution in [0.25, 0.3) is 42.8 Å². The number of nitrogens with zero attached hydrogens (tertiary/aromatic N) is 5. The van der Waals surface area contributed by atoms with Crippen LogP contribution in [-0.2, 0) is 11.8 Å². The van der Waals surface area contributed by atoms with Crippen LogP contribution in [0.15, 0.2) is 85.6 Å². The summed E-state index contributed by atoms with van der Waals surface area (Å²) in [5, 5.41) is 7.90. The molecule has 0 bridgehead atoms. The van der Waals surface area contributed by atoms with Crippen molar-refractivity contribution < 1.29 is 13.9 Å². The second-order valence-corrected chi connectivity index (χ2v) is 11.0. The lowest BCUT2D eigenvalue weighted by Gasteiger charge is -2.12. The van der Waals surface area contributed by atoms with Crippen molar-refractivity contribution in [3.63, 3.8) is 0 Å². The third kappa shape index (κ3) is 5.33. The Morgan fingerprint density at radius 3 is 2.53 bits per heavy atom. The van der Waals surface area contributed by atoms with Crippen molar-refractivity contribution in [2.24, 2.45) is 7.05 Å². The monoisotopic (exact) mass is 591 g/mol. The number of pyridine rings is 1. The number of aromatic nitrogens is 5. The van der Waals surface area contributed by atoms with Crippen LogP contribution < -0.4 is 15.8 Å². The average Bonchev–Trinajstić information content (AvgIpc) is 3.59. The lowest BCUT2D eigenvalue weighted by Crippen LogP contribution is -2.11. The number of nitrogen functional groups attached to an aromatic ring is 1. The maximum absolute atomic E-state index is 15.5. The molecule has 2 aromatic carbocycles. The van der Waals surface area contributed by atoms with Crippen molar-refractivity contribution in [1.29, 1.82) is 0 Å². The molecular weight excluding hydrogens is 565 g/mol. The normalized spacial score (nSPS) is 11.1. The molecule has 0 atom stereocenters. The highest BCUT2D eigenvalue weighted by Gasteiger charge is 2.24. The molecule has 0 aliphatic rings. The number of halogens is 1. The number of nitrogens with one attached hydrogen (secondary N) is 1. The van der Waals surface area contributed by atoms with Crippen molar-refractivity contribution in [3.8, 4) is 44.5 Å². The van der Waals surface area contributed by atoms with Gasteiger partial charge in [0.05, 0.1) is 6.20 Å². The number of nitrogens with two attached hydrogens (primary N) is 1. The third-order valence-electron chi connectivity index (χ3n) is 6.84. The summed E-state index contributed by atoms with van der Waals surface area (Å²) in [5.74, 6) is -0.526. The molecule has 4 heterocycles. The van der Waals surface area contributed by atoms with Crippen molar-refractivity contribution in [2.45, 2.75) is 13.8 Å². The van der Waals surface area contributed by atoms with E-state index >= 15 is 4.39 Å². The van der Waals surface area contributed by atoms with E-state index in [1.54, 1.807) is 42.2 Å². The number of carbonyl (C=O) groups excluding carboxylic acids is 1. The first-order valence-corrected chi connectivity index (χ1v) is 14.0. The minimum Gasteiger partial charge on any atom is -0.421 e. The van der Waals surface area contributed by atoms with Gasteiger partial charge in [-0.05, 0) is 60.9 Å². The second kappa shape index (κ2) is 11.1. The van der Waals surface area contributed by atoms with E-state index in [-0.39, 0.29) is 17.7 Å². The summed E-state index contributed by atoms with van der Waals surface area (Å²) in [7, 11) is 1.85. The van der Waals surface area contributed by atoms with Crippen LogP contribution in [-0.4, -0.2) is 30.6 Å². The molecule has 0 radical (unpaired) electrons. The molecule has 6 aromatic rings. The zero-order chi connectivity index (χ0) is 30.2. The SMILES string of the molecule is C=C(C)C(=O)Nc1ccc(-c2sc3c(-c4cnn(C)c4)cnc(N)c3c2-c2ccc(Oc3ncccn3)c(F)c2)c(C)c1. The molecule has 214 valence electrons. The quantitative estimate of drug-likeness (QED) is 0.189. The number of hydrogen-bond donors (Lipinski definition) is 2. The summed E-state index contributed by atoms with van der Waals surface area (Å²) >= 11 is 1.54. The standard InChI is InChI=1S/C32H26FN7O2S/c1-17(2)31(41)39-21-7-8-22(18(3)12-21)28-26(19-6-9-25(24(33)13-19)42-32-35-10-5-11-36-32)27-29(43-28)23(15-37-30(27)34)20-14-38-40(4)16-20/h5-16H,1H2,2-4H3,(H2,34,37)(H,39,41). The summed E-state index contributed by atoms with van der Waals surface area (Å²) in [6.07, 6.45) is 8.46. The molecule has 11 heteroatoms. The molecule has 0 saturated carbocycles. The molecule has 1 amide bonds. The molecule has 0 unspecified atom stereocenters. The molecule has 9 nitrogen and oxygen atoms in total. The molecule has 6 rings (SSSR count). The maximum atomic E-state index is 15.5. The van der Waals surface area contributed by atoms with E-state index in [2.05, 4.69) is 31.9 Å². The zero-order valence-corrected chi connectivity index (χ0v) is 24.4. The summed E-state index contributed by atoms with van der Waals surface area (Å²) in [6, 6.07) is 12.1. The summed E-state index contributed by atoms with van der Waals surface area (Å²) < 4.78 is 23.7. The van der Waals surface area contributed by atoms with Gasteiger partial charge in [0.2, 0.25) is 0 Å². The summed E-state index contributed by atoms with van der Waals surface area (Å²) in [5.41, 5.74) is 12.5. The van der Waals surface area contributed by atoms with Gasteiger partial charge in [0, 0.05) is 74.7 Å². The van der Waals surface area contributed by atoms with Gasteiger partial charge in [-0.25, -0.2) is 19.3 Å². The van der Waals surface area contributed by atoms with E-state index in [1.165, 1.54) is 29.8 Å². The maximum Gasteiger partial charge on any atom is 0.321 e. The van der Waals surface area contributed by atoms with Crippen LogP contribution in [0.1, 0.15) is 12.5 Å². The van der Waals surface area contributed by atoms with Crippen molar-refractivity contribution in [3.05, 3.63) is 97.0 Å². The van der Waals surface area contributed by atoms with Crippen molar-refractivity contribution >= 4 is 38.8 Å². The van der Waals surface area contributed by atoms with E-state index in [1.807, 2.05) is 38.4 Å². The molecule has 0 fully saturated rings. The number of aryl methyl sites for hydroxylation is 2. The Morgan fingerprint density at radius 2 is 1.86 bits per heavy atom. The predicted molar refractivity (Wildman–Crippen MR) is 167 cm³/mol. The molecule has 4 aromatic heterocycles. The minimum absolute atomic E-state index is 0.00744. The van der Waals surface area contributed by atoms with Gasteiger partial charge in [-0.15, -0.1) is 11.3 Å². The number of rotatable bonds is 7. The van der Waals surface area contributed by atoms with Gasteiger partial charge >= 0.3 is 6.01 Å². The highest BCUT2D eigenvalue weighted by atomic mass is 32.1. The number of thiophene rings is 1. The molecule has 0 aliphatic carbocycles. The van der Waals surface area contributed by atoms with Gasteiger partial charge in [0.25, 0.3) is 5.91 Å². The number of amides is 1. The first-order chi connectivity index (χ1) is 20.7. The van der Waals surface area contributed by atoms with Gasteiger partial charge < -0.3 is 15.8 Å². The fraction of sp³-hybridized carbons (Fsp3) is 0.0938. The van der Waals surface area contributed by atoms with Crippen LogP contribution in [0, 0.1) is 12.7 Å². The van der Waals surface area contributed by atoms with Crippen LogP contribution >= 0.6 is 11.3 Å². The lowest BCUT2D eigenvalue weighted by molar-refractivity contribution is -0.112. The Kier molecular flexibility index (Phi) is 7.16. The van der Waals surface area contributed by atoms with Crippen molar-refractivity contribution in [1.82, 2.24) is 24.7 Å². The Hall–Kier alpha value is -5.42. The van der Waals surface area contributed by atoms with Gasteiger partial charge in [0.15, 0.2) is 11.6 Å². The van der Waals surface area contributed by atoms with Crippen molar-refractivity contribution in [2.75, 3.05) is 11.1 Å². The fourth-order valence-electron chi connectivity index (χ4n) is 4.76. The lowest BCUT2D eigenvalue weighted by atomic mass is 9.95. The van der Waals surface area contributed by atoms with E-state index in [4.69, 9.17) is 10.5 Å². The first-order valence-electron chi connectivity index (χ1n) is 13.2. The summed E-state index contributed by atoms with van der Waals surface area (Å²) in [4.78, 5) is 25.7. The number of fused-ring (bicyclic) bond motifs is 1. The Bertz CT molecular complexity index is 2040. The molecule has 0 saturated heterocycles. The molecule has 43 heavy (non-hydrogen) atoms. The molecule has 0 spiro atoms. The topological polar surface area (TPSA) is 121 Å². The zero-order valence-electron chi connectivity index (χ0n) is 23.6. The molecule has 0 aliphatic heterocycles. The van der Waals surface area contributed by atoms with Crippen LogP contribution in [0.4, 0.5) is 15.9 Å².